The molecule has 6 heteroatoms. The van der Waals surface area contributed by atoms with E-state index in [9.17, 15) is 9.59 Å². The first-order chi connectivity index (χ1) is 13.1. The lowest BCUT2D eigenvalue weighted by Gasteiger charge is -2.36. The highest BCUT2D eigenvalue weighted by Crippen LogP contribution is 2.30. The van der Waals surface area contributed by atoms with Crippen LogP contribution in [0.2, 0.25) is 0 Å². The standard InChI is InChI=1S/C21H32N4O2/c1-3-24(4-2)21(27)19-13-17(15-25(19)18-10-6-5-7-11-18)23-20(26)16-9-8-12-22-14-16/h8-9,12,14,17-19H,3-7,10-11,13,15H2,1-2H3,(H,23,26)/t17-,19+/m1/s1. The quantitative estimate of drug-likeness (QED) is 0.833. The van der Waals surface area contributed by atoms with E-state index in [0.717, 1.165) is 32.5 Å². The molecule has 6 nitrogen and oxygen atoms in total. The number of rotatable bonds is 6. The van der Waals surface area contributed by atoms with Crippen molar-refractivity contribution in [2.45, 2.75) is 70.5 Å². The van der Waals surface area contributed by atoms with Crippen molar-refractivity contribution >= 4 is 11.8 Å². The molecular weight excluding hydrogens is 340 g/mol. The molecule has 1 N–H and O–H groups in total. The van der Waals surface area contributed by atoms with Crippen molar-refractivity contribution in [1.29, 1.82) is 0 Å². The van der Waals surface area contributed by atoms with E-state index in [-0.39, 0.29) is 23.9 Å². The highest BCUT2D eigenvalue weighted by Gasteiger charge is 2.42. The second-order valence-electron chi connectivity index (χ2n) is 7.66. The van der Waals surface area contributed by atoms with Crippen molar-refractivity contribution in [3.8, 4) is 0 Å². The molecule has 1 aromatic rings. The van der Waals surface area contributed by atoms with Crippen LogP contribution in [0.1, 0.15) is 62.7 Å². The molecule has 148 valence electrons. The molecular formula is C21H32N4O2. The molecule has 2 atom stereocenters. The Morgan fingerprint density at radius 1 is 1.22 bits per heavy atom. The number of carbonyl (C=O) groups is 2. The average molecular weight is 373 g/mol. The number of carbonyl (C=O) groups excluding carboxylic acids is 2. The molecule has 2 aliphatic rings. The molecule has 1 saturated heterocycles. The van der Waals surface area contributed by atoms with Gasteiger partial charge in [0.1, 0.15) is 0 Å². The molecule has 3 rings (SSSR count). The molecule has 0 spiro atoms. The van der Waals surface area contributed by atoms with E-state index in [4.69, 9.17) is 0 Å². The third kappa shape index (κ3) is 4.67. The molecule has 0 bridgehead atoms. The minimum Gasteiger partial charge on any atom is -0.348 e. The highest BCUT2D eigenvalue weighted by molar-refractivity contribution is 5.94. The van der Waals surface area contributed by atoms with Gasteiger partial charge >= 0.3 is 0 Å². The van der Waals surface area contributed by atoms with Gasteiger partial charge in [0.2, 0.25) is 5.91 Å². The summed E-state index contributed by atoms with van der Waals surface area (Å²) in [6.07, 6.45) is 10.0. The van der Waals surface area contributed by atoms with Crippen molar-refractivity contribution in [3.63, 3.8) is 0 Å². The number of hydrogen-bond donors (Lipinski definition) is 1. The van der Waals surface area contributed by atoms with Gasteiger partial charge in [-0.15, -0.1) is 0 Å². The van der Waals surface area contributed by atoms with Crippen LogP contribution in [0.3, 0.4) is 0 Å². The molecule has 2 fully saturated rings. The van der Waals surface area contributed by atoms with Crippen molar-refractivity contribution in [1.82, 2.24) is 20.1 Å². The Kier molecular flexibility index (Phi) is 6.83. The SMILES string of the molecule is CCN(CC)C(=O)[C@@H]1C[C@@H](NC(=O)c2cccnc2)CN1C1CCCCC1. The first kappa shape index (κ1) is 19.8. The molecule has 27 heavy (non-hydrogen) atoms. The maximum Gasteiger partial charge on any atom is 0.253 e. The Bertz CT molecular complexity index is 626. The predicted molar refractivity (Wildman–Crippen MR) is 105 cm³/mol. The largest absolute Gasteiger partial charge is 0.348 e. The summed E-state index contributed by atoms with van der Waals surface area (Å²) in [4.78, 5) is 34.0. The van der Waals surface area contributed by atoms with E-state index in [1.807, 2.05) is 18.7 Å². The first-order valence-electron chi connectivity index (χ1n) is 10.4. The van der Waals surface area contributed by atoms with E-state index in [1.165, 1.54) is 19.3 Å². The number of likely N-dealkylation sites (tertiary alicyclic amines) is 1. The smallest absolute Gasteiger partial charge is 0.253 e. The number of hydrogen-bond acceptors (Lipinski definition) is 4. The van der Waals surface area contributed by atoms with Crippen molar-refractivity contribution < 1.29 is 9.59 Å². The van der Waals surface area contributed by atoms with E-state index in [1.54, 1.807) is 24.5 Å². The number of aromatic nitrogens is 1. The fourth-order valence-corrected chi connectivity index (χ4v) is 4.54. The number of nitrogens with one attached hydrogen (secondary N) is 1. The van der Waals surface area contributed by atoms with Crippen LogP contribution >= 0.6 is 0 Å². The van der Waals surface area contributed by atoms with Gasteiger partial charge in [-0.25, -0.2) is 0 Å². The summed E-state index contributed by atoms with van der Waals surface area (Å²) in [5.41, 5.74) is 0.570. The van der Waals surface area contributed by atoms with Gasteiger partial charge in [0.05, 0.1) is 11.6 Å². The molecule has 0 aromatic carbocycles. The molecule has 0 unspecified atom stereocenters. The predicted octanol–water partition coefficient (Wildman–Crippen LogP) is 2.46. The first-order valence-corrected chi connectivity index (χ1v) is 10.4. The minimum absolute atomic E-state index is 0.00384. The average Bonchev–Trinajstić information content (AvgIpc) is 3.14. The maximum absolute atomic E-state index is 13.1. The monoisotopic (exact) mass is 372 g/mol. The molecule has 1 aliphatic carbocycles. The summed E-state index contributed by atoms with van der Waals surface area (Å²) in [6.45, 7) is 6.29. The van der Waals surface area contributed by atoms with Gasteiger partial charge in [-0.05, 0) is 45.2 Å². The molecule has 0 radical (unpaired) electrons. The van der Waals surface area contributed by atoms with Gasteiger partial charge in [-0.1, -0.05) is 19.3 Å². The van der Waals surface area contributed by atoms with Crippen LogP contribution in [0.4, 0.5) is 0 Å². The summed E-state index contributed by atoms with van der Waals surface area (Å²) in [5, 5.41) is 3.13. The lowest BCUT2D eigenvalue weighted by molar-refractivity contribution is -0.136. The van der Waals surface area contributed by atoms with Gasteiger partial charge in [-0.2, -0.15) is 0 Å². The number of pyridine rings is 1. The second kappa shape index (κ2) is 9.31. The zero-order chi connectivity index (χ0) is 19.2. The number of amides is 2. The van der Waals surface area contributed by atoms with Crippen LogP contribution in [0.5, 0.6) is 0 Å². The van der Waals surface area contributed by atoms with E-state index < -0.39 is 0 Å². The Balaban J connectivity index is 1.72. The third-order valence-electron chi connectivity index (χ3n) is 6.00. The van der Waals surface area contributed by atoms with E-state index in [2.05, 4.69) is 15.2 Å². The summed E-state index contributed by atoms with van der Waals surface area (Å²) in [7, 11) is 0. The Hall–Kier alpha value is -1.95. The summed E-state index contributed by atoms with van der Waals surface area (Å²) in [5.74, 6) is 0.108. The molecule has 2 heterocycles. The Labute approximate surface area is 162 Å². The van der Waals surface area contributed by atoms with Gasteiger partial charge in [0.25, 0.3) is 5.91 Å². The fourth-order valence-electron chi connectivity index (χ4n) is 4.54. The summed E-state index contributed by atoms with van der Waals surface area (Å²) in [6, 6.07) is 3.89. The number of likely N-dealkylation sites (N-methyl/N-ethyl adjacent to an activating group) is 1. The maximum atomic E-state index is 13.1. The summed E-state index contributed by atoms with van der Waals surface area (Å²) >= 11 is 0. The molecule has 2 amide bonds. The van der Waals surface area contributed by atoms with Crippen molar-refractivity contribution in [2.75, 3.05) is 19.6 Å². The second-order valence-corrected chi connectivity index (χ2v) is 7.66. The topological polar surface area (TPSA) is 65.5 Å². The van der Waals surface area contributed by atoms with Gasteiger partial charge < -0.3 is 10.2 Å². The zero-order valence-electron chi connectivity index (χ0n) is 16.6. The Morgan fingerprint density at radius 3 is 2.59 bits per heavy atom. The van der Waals surface area contributed by atoms with Crippen LogP contribution in [0.15, 0.2) is 24.5 Å². The molecule has 1 aromatic heterocycles. The number of nitrogens with zero attached hydrogens (tertiary/aromatic N) is 3. The van der Waals surface area contributed by atoms with Crippen LogP contribution in [0, 0.1) is 0 Å². The highest BCUT2D eigenvalue weighted by atomic mass is 16.2. The van der Waals surface area contributed by atoms with Crippen molar-refractivity contribution in [3.05, 3.63) is 30.1 Å². The van der Waals surface area contributed by atoms with Gasteiger partial charge in [0, 0.05) is 44.1 Å². The minimum atomic E-state index is -0.118. The lowest BCUT2D eigenvalue weighted by Crippen LogP contribution is -2.49. The zero-order valence-corrected chi connectivity index (χ0v) is 16.6. The summed E-state index contributed by atoms with van der Waals surface area (Å²) < 4.78 is 0. The fraction of sp³-hybridized carbons (Fsp3) is 0.667. The Morgan fingerprint density at radius 2 is 1.96 bits per heavy atom. The van der Waals surface area contributed by atoms with Gasteiger partial charge in [0.15, 0.2) is 0 Å². The molecule has 1 aliphatic heterocycles. The van der Waals surface area contributed by atoms with Crippen LogP contribution in [-0.4, -0.2) is 64.4 Å². The van der Waals surface area contributed by atoms with Crippen LogP contribution in [-0.2, 0) is 4.79 Å². The normalized spacial score (nSPS) is 23.9. The van der Waals surface area contributed by atoms with E-state index in [0.29, 0.717) is 18.0 Å². The van der Waals surface area contributed by atoms with Crippen molar-refractivity contribution in [2.24, 2.45) is 0 Å². The van der Waals surface area contributed by atoms with E-state index >= 15 is 0 Å². The van der Waals surface area contributed by atoms with Gasteiger partial charge in [-0.3, -0.25) is 19.5 Å². The van der Waals surface area contributed by atoms with Crippen LogP contribution in [0.25, 0.3) is 0 Å². The third-order valence-corrected chi connectivity index (χ3v) is 6.00. The lowest BCUT2D eigenvalue weighted by atomic mass is 9.93. The van der Waals surface area contributed by atoms with Crippen LogP contribution < -0.4 is 5.32 Å². The molecule has 1 saturated carbocycles.